The van der Waals surface area contributed by atoms with Crippen LogP contribution in [0.1, 0.15) is 52.3 Å². The number of nitrogens with one attached hydrogen (secondary N) is 1. The molecule has 3 nitrogen and oxygen atoms in total. The number of aromatic nitrogens is 2. The lowest BCUT2D eigenvalue weighted by atomic mass is 10.1. The van der Waals surface area contributed by atoms with Crippen LogP contribution >= 0.6 is 23.3 Å². The summed E-state index contributed by atoms with van der Waals surface area (Å²) in [6, 6.07) is 0.656. The summed E-state index contributed by atoms with van der Waals surface area (Å²) in [5.41, 5.74) is 0. The van der Waals surface area contributed by atoms with Crippen LogP contribution in [0.2, 0.25) is 0 Å². The zero-order valence-corrected chi connectivity index (χ0v) is 13.4. The van der Waals surface area contributed by atoms with E-state index in [0.29, 0.717) is 6.04 Å². The predicted molar refractivity (Wildman–Crippen MR) is 81.6 cm³/mol. The zero-order chi connectivity index (χ0) is 13.2. The molecule has 0 spiro atoms. The van der Waals surface area contributed by atoms with Gasteiger partial charge in [-0.25, -0.2) is 4.98 Å². The number of aryl methyl sites for hydroxylation is 1. The SMILES string of the molecule is CCCNC(C)CCCCSc1nc(CC)ns1. The maximum atomic E-state index is 4.46. The van der Waals surface area contributed by atoms with Gasteiger partial charge in [-0.3, -0.25) is 0 Å². The molecule has 1 rings (SSSR count). The molecule has 1 N–H and O–H groups in total. The number of unbranched alkanes of at least 4 members (excludes halogenated alkanes) is 1. The molecule has 0 saturated carbocycles. The Labute approximate surface area is 119 Å². The van der Waals surface area contributed by atoms with Crippen LogP contribution in [-0.4, -0.2) is 27.7 Å². The molecular formula is C13H25N3S2. The molecule has 104 valence electrons. The molecule has 0 aliphatic carbocycles. The summed E-state index contributed by atoms with van der Waals surface area (Å²) < 4.78 is 5.42. The van der Waals surface area contributed by atoms with Gasteiger partial charge in [0, 0.05) is 18.2 Å². The molecular weight excluding hydrogens is 262 g/mol. The quantitative estimate of drug-likeness (QED) is 0.525. The standard InChI is InChI=1S/C13H25N3S2/c1-4-9-14-11(3)8-6-7-10-17-13-15-12(5-2)16-18-13/h11,14H,4-10H2,1-3H3. The summed E-state index contributed by atoms with van der Waals surface area (Å²) in [7, 11) is 0. The van der Waals surface area contributed by atoms with Gasteiger partial charge in [-0.1, -0.05) is 32.0 Å². The van der Waals surface area contributed by atoms with E-state index < -0.39 is 0 Å². The molecule has 0 aliphatic rings. The van der Waals surface area contributed by atoms with Gasteiger partial charge in [-0.2, -0.15) is 4.37 Å². The van der Waals surface area contributed by atoms with Crippen molar-refractivity contribution in [3.63, 3.8) is 0 Å². The average molecular weight is 287 g/mol. The van der Waals surface area contributed by atoms with Crippen LogP contribution in [0, 0.1) is 0 Å². The minimum atomic E-state index is 0.656. The van der Waals surface area contributed by atoms with Gasteiger partial charge < -0.3 is 5.32 Å². The summed E-state index contributed by atoms with van der Waals surface area (Å²) in [6.45, 7) is 7.73. The number of thioether (sulfide) groups is 1. The van der Waals surface area contributed by atoms with Gasteiger partial charge >= 0.3 is 0 Å². The second-order valence-corrected chi connectivity index (χ2v) is 6.62. The fourth-order valence-electron chi connectivity index (χ4n) is 1.65. The Bertz CT molecular complexity index is 315. The van der Waals surface area contributed by atoms with Crippen molar-refractivity contribution in [1.82, 2.24) is 14.7 Å². The van der Waals surface area contributed by atoms with Crippen molar-refractivity contribution < 1.29 is 0 Å². The first-order valence-electron chi connectivity index (χ1n) is 6.95. The maximum Gasteiger partial charge on any atom is 0.170 e. The first-order valence-corrected chi connectivity index (χ1v) is 8.70. The van der Waals surface area contributed by atoms with E-state index in [1.807, 2.05) is 11.8 Å². The van der Waals surface area contributed by atoms with Crippen LogP contribution in [0.4, 0.5) is 0 Å². The molecule has 1 aromatic rings. The Kier molecular flexibility index (Phi) is 8.63. The van der Waals surface area contributed by atoms with Crippen molar-refractivity contribution in [2.24, 2.45) is 0 Å². The Balaban J connectivity index is 2.01. The summed E-state index contributed by atoms with van der Waals surface area (Å²) in [5.74, 6) is 2.15. The van der Waals surface area contributed by atoms with E-state index in [0.717, 1.165) is 23.1 Å². The van der Waals surface area contributed by atoms with Crippen LogP contribution < -0.4 is 5.32 Å². The molecule has 1 aromatic heterocycles. The van der Waals surface area contributed by atoms with E-state index >= 15 is 0 Å². The number of hydrogen-bond donors (Lipinski definition) is 1. The molecule has 5 heteroatoms. The normalized spacial score (nSPS) is 12.8. The Morgan fingerprint density at radius 3 is 2.83 bits per heavy atom. The summed E-state index contributed by atoms with van der Waals surface area (Å²) in [5, 5.41) is 3.52. The minimum Gasteiger partial charge on any atom is -0.314 e. The highest BCUT2D eigenvalue weighted by molar-refractivity contribution is 8.00. The van der Waals surface area contributed by atoms with E-state index in [2.05, 4.69) is 35.4 Å². The molecule has 0 aromatic carbocycles. The zero-order valence-electron chi connectivity index (χ0n) is 11.7. The highest BCUT2D eigenvalue weighted by Crippen LogP contribution is 2.21. The molecule has 0 amide bonds. The van der Waals surface area contributed by atoms with Gasteiger partial charge in [-0.05, 0) is 44.3 Å². The molecule has 0 aliphatic heterocycles. The summed E-state index contributed by atoms with van der Waals surface area (Å²) >= 11 is 3.39. The summed E-state index contributed by atoms with van der Waals surface area (Å²) in [4.78, 5) is 4.46. The third-order valence-electron chi connectivity index (χ3n) is 2.77. The van der Waals surface area contributed by atoms with Crippen LogP contribution in [0.15, 0.2) is 4.34 Å². The highest BCUT2D eigenvalue weighted by atomic mass is 32.2. The van der Waals surface area contributed by atoms with Crippen molar-refractivity contribution in [3.05, 3.63) is 5.82 Å². The second-order valence-electron chi connectivity index (χ2n) is 4.53. The molecule has 1 atom stereocenters. The number of rotatable bonds is 10. The summed E-state index contributed by atoms with van der Waals surface area (Å²) in [6.07, 6.45) is 6.00. The van der Waals surface area contributed by atoms with Crippen molar-refractivity contribution in [2.75, 3.05) is 12.3 Å². The topological polar surface area (TPSA) is 37.8 Å². The molecule has 0 radical (unpaired) electrons. The van der Waals surface area contributed by atoms with Gasteiger partial charge in [0.2, 0.25) is 0 Å². The van der Waals surface area contributed by atoms with E-state index in [-0.39, 0.29) is 0 Å². The Morgan fingerprint density at radius 1 is 1.33 bits per heavy atom. The van der Waals surface area contributed by atoms with Crippen LogP contribution in [-0.2, 0) is 6.42 Å². The first-order chi connectivity index (χ1) is 8.76. The highest BCUT2D eigenvalue weighted by Gasteiger charge is 2.03. The maximum absolute atomic E-state index is 4.46. The van der Waals surface area contributed by atoms with Crippen LogP contribution in [0.5, 0.6) is 0 Å². The molecule has 1 unspecified atom stereocenters. The second kappa shape index (κ2) is 9.75. The lowest BCUT2D eigenvalue weighted by Gasteiger charge is -2.12. The fourth-order valence-corrected chi connectivity index (χ4v) is 3.41. The predicted octanol–water partition coefficient (Wildman–Crippen LogP) is 3.75. The van der Waals surface area contributed by atoms with Crippen molar-refractivity contribution in [2.45, 2.75) is 63.3 Å². The van der Waals surface area contributed by atoms with E-state index in [9.17, 15) is 0 Å². The van der Waals surface area contributed by atoms with Crippen LogP contribution in [0.3, 0.4) is 0 Å². The first kappa shape index (κ1) is 15.9. The van der Waals surface area contributed by atoms with Crippen molar-refractivity contribution >= 4 is 23.3 Å². The molecule has 1 heterocycles. The smallest absolute Gasteiger partial charge is 0.170 e. The average Bonchev–Trinajstić information content (AvgIpc) is 2.84. The third kappa shape index (κ3) is 6.71. The Morgan fingerprint density at radius 2 is 2.17 bits per heavy atom. The van der Waals surface area contributed by atoms with Crippen molar-refractivity contribution in [3.8, 4) is 0 Å². The molecule has 0 bridgehead atoms. The monoisotopic (exact) mass is 287 g/mol. The van der Waals surface area contributed by atoms with E-state index in [1.54, 1.807) is 0 Å². The lowest BCUT2D eigenvalue weighted by Crippen LogP contribution is -2.26. The van der Waals surface area contributed by atoms with Gasteiger partial charge in [0.15, 0.2) is 4.34 Å². The lowest BCUT2D eigenvalue weighted by molar-refractivity contribution is 0.496. The molecule has 0 saturated heterocycles. The van der Waals surface area contributed by atoms with E-state index in [1.165, 1.54) is 43.0 Å². The molecule has 18 heavy (non-hydrogen) atoms. The Hall–Kier alpha value is -0.130. The minimum absolute atomic E-state index is 0.656. The number of hydrogen-bond acceptors (Lipinski definition) is 5. The van der Waals surface area contributed by atoms with E-state index in [4.69, 9.17) is 0 Å². The largest absolute Gasteiger partial charge is 0.314 e. The van der Waals surface area contributed by atoms with Gasteiger partial charge in [0.25, 0.3) is 0 Å². The molecule has 0 fully saturated rings. The van der Waals surface area contributed by atoms with Gasteiger partial charge in [0.1, 0.15) is 5.82 Å². The van der Waals surface area contributed by atoms with Crippen LogP contribution in [0.25, 0.3) is 0 Å². The van der Waals surface area contributed by atoms with Gasteiger partial charge in [-0.15, -0.1) is 0 Å². The van der Waals surface area contributed by atoms with Crippen molar-refractivity contribution in [1.29, 1.82) is 0 Å². The van der Waals surface area contributed by atoms with Gasteiger partial charge in [0.05, 0.1) is 0 Å². The fraction of sp³-hybridized carbons (Fsp3) is 0.846. The number of nitrogens with zero attached hydrogens (tertiary/aromatic N) is 2. The third-order valence-corrected chi connectivity index (χ3v) is 4.72.